The number of hydrogen-bond donors (Lipinski definition) is 0. The van der Waals surface area contributed by atoms with Gasteiger partial charge in [0.1, 0.15) is 17.0 Å². The number of rotatable bonds is 4. The molecule has 0 bridgehead atoms. The lowest BCUT2D eigenvalue weighted by Gasteiger charge is -2.05. The molecule has 0 aliphatic rings. The molecule has 5 heteroatoms. The van der Waals surface area contributed by atoms with E-state index >= 15 is 0 Å². The summed E-state index contributed by atoms with van der Waals surface area (Å²) >= 11 is 0. The van der Waals surface area contributed by atoms with E-state index in [-0.39, 0.29) is 0 Å². The standard InChI is InChI=1S/C20H18N4O/c1-3-24-17-5-4-12-21-20(17)19(23-24)15-7-9-16(10-8-15)25-18-11-6-14(2)13-22-18/h4-13H,3H2,1-2H3. The van der Waals surface area contributed by atoms with Crippen molar-refractivity contribution in [2.45, 2.75) is 20.4 Å². The van der Waals surface area contributed by atoms with Crippen molar-refractivity contribution >= 4 is 11.0 Å². The number of hydrogen-bond acceptors (Lipinski definition) is 4. The van der Waals surface area contributed by atoms with Crippen LogP contribution in [0.4, 0.5) is 0 Å². The average Bonchev–Trinajstić information content (AvgIpc) is 3.03. The summed E-state index contributed by atoms with van der Waals surface area (Å²) in [5, 5.41) is 4.70. The van der Waals surface area contributed by atoms with Crippen molar-refractivity contribution in [3.8, 4) is 22.9 Å². The highest BCUT2D eigenvalue weighted by atomic mass is 16.5. The first-order chi connectivity index (χ1) is 12.2. The summed E-state index contributed by atoms with van der Waals surface area (Å²) in [6, 6.07) is 15.7. The Morgan fingerprint density at radius 2 is 1.84 bits per heavy atom. The number of pyridine rings is 2. The molecule has 4 rings (SSSR count). The maximum atomic E-state index is 5.79. The number of benzene rings is 1. The van der Waals surface area contributed by atoms with Crippen molar-refractivity contribution in [1.29, 1.82) is 0 Å². The fourth-order valence-corrected chi connectivity index (χ4v) is 2.76. The molecule has 0 N–H and O–H groups in total. The van der Waals surface area contributed by atoms with E-state index in [1.54, 1.807) is 12.4 Å². The molecule has 0 unspecified atom stereocenters. The molecule has 124 valence electrons. The van der Waals surface area contributed by atoms with Gasteiger partial charge in [-0.2, -0.15) is 5.10 Å². The minimum Gasteiger partial charge on any atom is -0.439 e. The maximum absolute atomic E-state index is 5.79. The third-order valence-corrected chi connectivity index (χ3v) is 4.04. The van der Waals surface area contributed by atoms with E-state index in [4.69, 9.17) is 9.84 Å². The van der Waals surface area contributed by atoms with Crippen LogP contribution in [0.25, 0.3) is 22.3 Å². The Morgan fingerprint density at radius 1 is 1.00 bits per heavy atom. The van der Waals surface area contributed by atoms with Crippen molar-refractivity contribution in [3.63, 3.8) is 0 Å². The molecule has 5 nitrogen and oxygen atoms in total. The molecule has 3 aromatic heterocycles. The molecule has 1 aromatic carbocycles. The average molecular weight is 330 g/mol. The highest BCUT2D eigenvalue weighted by molar-refractivity contribution is 5.89. The van der Waals surface area contributed by atoms with Crippen molar-refractivity contribution < 1.29 is 4.74 Å². The number of nitrogens with zero attached hydrogens (tertiary/aromatic N) is 4. The third-order valence-electron chi connectivity index (χ3n) is 4.04. The van der Waals surface area contributed by atoms with Gasteiger partial charge in [-0.15, -0.1) is 0 Å². The molecule has 4 aromatic rings. The molecule has 3 heterocycles. The third kappa shape index (κ3) is 2.96. The van der Waals surface area contributed by atoms with Crippen molar-refractivity contribution in [3.05, 3.63) is 66.5 Å². The van der Waals surface area contributed by atoms with E-state index in [1.165, 1.54) is 0 Å². The molecule has 0 aliphatic carbocycles. The minimum atomic E-state index is 0.584. The van der Waals surface area contributed by atoms with Gasteiger partial charge in [0.2, 0.25) is 5.88 Å². The van der Waals surface area contributed by atoms with Gasteiger partial charge in [-0.25, -0.2) is 4.98 Å². The van der Waals surface area contributed by atoms with Gasteiger partial charge in [-0.05, 0) is 55.8 Å². The summed E-state index contributed by atoms with van der Waals surface area (Å²) in [6.07, 6.45) is 3.59. The van der Waals surface area contributed by atoms with Crippen LogP contribution in [0.15, 0.2) is 60.9 Å². The van der Waals surface area contributed by atoms with E-state index in [2.05, 4.69) is 16.9 Å². The van der Waals surface area contributed by atoms with E-state index < -0.39 is 0 Å². The minimum absolute atomic E-state index is 0.584. The zero-order chi connectivity index (χ0) is 17.2. The summed E-state index contributed by atoms with van der Waals surface area (Å²) in [5.41, 5.74) is 4.97. The Morgan fingerprint density at radius 3 is 2.56 bits per heavy atom. The summed E-state index contributed by atoms with van der Waals surface area (Å²) in [5.74, 6) is 1.33. The van der Waals surface area contributed by atoms with E-state index in [0.29, 0.717) is 5.88 Å². The highest BCUT2D eigenvalue weighted by Crippen LogP contribution is 2.28. The normalized spacial score (nSPS) is 11.0. The summed E-state index contributed by atoms with van der Waals surface area (Å²) in [4.78, 5) is 8.76. The van der Waals surface area contributed by atoms with Gasteiger partial charge < -0.3 is 4.74 Å². The molecule has 0 amide bonds. The van der Waals surface area contributed by atoms with Crippen molar-refractivity contribution in [1.82, 2.24) is 19.7 Å². The smallest absolute Gasteiger partial charge is 0.219 e. The van der Waals surface area contributed by atoms with Crippen LogP contribution < -0.4 is 4.74 Å². The maximum Gasteiger partial charge on any atom is 0.219 e. The Labute approximate surface area is 145 Å². The second-order valence-electron chi connectivity index (χ2n) is 5.84. The first-order valence-electron chi connectivity index (χ1n) is 8.27. The largest absolute Gasteiger partial charge is 0.439 e. The fourth-order valence-electron chi connectivity index (χ4n) is 2.76. The lowest BCUT2D eigenvalue weighted by molar-refractivity contribution is 0.463. The SMILES string of the molecule is CCn1nc(-c2ccc(Oc3ccc(C)cn3)cc2)c2ncccc21. The molecule has 0 radical (unpaired) electrons. The molecular weight excluding hydrogens is 312 g/mol. The lowest BCUT2D eigenvalue weighted by atomic mass is 10.1. The highest BCUT2D eigenvalue weighted by Gasteiger charge is 2.12. The first kappa shape index (κ1) is 15.3. The zero-order valence-electron chi connectivity index (χ0n) is 14.2. The quantitative estimate of drug-likeness (QED) is 0.548. The van der Waals surface area contributed by atoms with Crippen LogP contribution in [-0.2, 0) is 6.54 Å². The monoisotopic (exact) mass is 330 g/mol. The molecule has 25 heavy (non-hydrogen) atoms. The summed E-state index contributed by atoms with van der Waals surface area (Å²) in [6.45, 7) is 4.89. The van der Waals surface area contributed by atoms with Gasteiger partial charge >= 0.3 is 0 Å². The van der Waals surface area contributed by atoms with Crippen LogP contribution in [0.3, 0.4) is 0 Å². The molecular formula is C20H18N4O. The van der Waals surface area contributed by atoms with E-state index in [9.17, 15) is 0 Å². The molecule has 0 saturated heterocycles. The second-order valence-corrected chi connectivity index (χ2v) is 5.84. The van der Waals surface area contributed by atoms with Crippen molar-refractivity contribution in [2.24, 2.45) is 0 Å². The predicted octanol–water partition coefficient (Wildman–Crippen LogP) is 4.61. The van der Waals surface area contributed by atoms with Crippen molar-refractivity contribution in [2.75, 3.05) is 0 Å². The van der Waals surface area contributed by atoms with Gasteiger partial charge in [0, 0.05) is 30.6 Å². The molecule has 0 saturated carbocycles. The Kier molecular flexibility index (Phi) is 3.90. The Balaban J connectivity index is 1.65. The zero-order valence-corrected chi connectivity index (χ0v) is 14.2. The van der Waals surface area contributed by atoms with Gasteiger partial charge in [-0.3, -0.25) is 9.67 Å². The summed E-state index contributed by atoms with van der Waals surface area (Å²) < 4.78 is 7.76. The number of fused-ring (bicyclic) bond motifs is 1. The molecule has 0 aliphatic heterocycles. The first-order valence-corrected chi connectivity index (χ1v) is 8.27. The second kappa shape index (κ2) is 6.36. The number of aromatic nitrogens is 4. The van der Waals surface area contributed by atoms with Gasteiger partial charge in [0.15, 0.2) is 0 Å². The van der Waals surface area contributed by atoms with E-state index in [1.807, 2.05) is 60.1 Å². The van der Waals surface area contributed by atoms with Gasteiger partial charge in [0.25, 0.3) is 0 Å². The van der Waals surface area contributed by atoms with Crippen LogP contribution in [0.2, 0.25) is 0 Å². The molecule has 0 fully saturated rings. The van der Waals surface area contributed by atoms with E-state index in [0.717, 1.165) is 40.1 Å². The van der Waals surface area contributed by atoms with Crippen LogP contribution in [0.1, 0.15) is 12.5 Å². The van der Waals surface area contributed by atoms with Crippen LogP contribution in [0, 0.1) is 6.92 Å². The molecule has 0 spiro atoms. The number of ether oxygens (including phenoxy) is 1. The summed E-state index contributed by atoms with van der Waals surface area (Å²) in [7, 11) is 0. The van der Waals surface area contributed by atoms with Gasteiger partial charge in [0.05, 0.1) is 5.52 Å². The van der Waals surface area contributed by atoms with Crippen LogP contribution >= 0.6 is 0 Å². The Bertz CT molecular complexity index is 1000. The predicted molar refractivity (Wildman–Crippen MR) is 97.7 cm³/mol. The lowest BCUT2D eigenvalue weighted by Crippen LogP contribution is -1.95. The van der Waals surface area contributed by atoms with Gasteiger partial charge in [-0.1, -0.05) is 6.07 Å². The fraction of sp³-hybridized carbons (Fsp3) is 0.150. The Hall–Kier alpha value is -3.21. The topological polar surface area (TPSA) is 52.8 Å². The number of aryl methyl sites for hydroxylation is 2. The molecule has 0 atom stereocenters. The van der Waals surface area contributed by atoms with Crippen LogP contribution in [-0.4, -0.2) is 19.7 Å². The van der Waals surface area contributed by atoms with Crippen LogP contribution in [0.5, 0.6) is 11.6 Å².